The Bertz CT molecular complexity index is 831. The largest absolute Gasteiger partial charge is 0.467 e. The van der Waals surface area contributed by atoms with Crippen LogP contribution in [0.2, 0.25) is 0 Å². The van der Waals surface area contributed by atoms with Gasteiger partial charge in [-0.1, -0.05) is 60.7 Å². The molecule has 146 valence electrons. The molecule has 0 aliphatic heterocycles. The number of carbonyl (C=O) groups excluding carboxylic acids is 3. The monoisotopic (exact) mass is 381 g/mol. The summed E-state index contributed by atoms with van der Waals surface area (Å²) in [5.74, 6) is -1.50. The molecule has 6 nitrogen and oxygen atoms in total. The van der Waals surface area contributed by atoms with Crippen LogP contribution in [0, 0.1) is 0 Å². The van der Waals surface area contributed by atoms with E-state index >= 15 is 0 Å². The van der Waals surface area contributed by atoms with Crippen LogP contribution in [0.4, 0.5) is 0 Å². The number of amides is 1. The lowest BCUT2D eigenvalue weighted by Gasteiger charge is -2.18. The highest BCUT2D eigenvalue weighted by atomic mass is 16.5. The maximum absolute atomic E-state index is 12.5. The van der Waals surface area contributed by atoms with Crippen molar-refractivity contribution in [3.8, 4) is 0 Å². The van der Waals surface area contributed by atoms with Gasteiger partial charge in [-0.2, -0.15) is 0 Å². The quantitative estimate of drug-likeness (QED) is 0.709. The van der Waals surface area contributed by atoms with Gasteiger partial charge >= 0.3 is 11.9 Å². The molecule has 1 saturated carbocycles. The summed E-state index contributed by atoms with van der Waals surface area (Å²) in [5.41, 5.74) is 1.14. The second kappa shape index (κ2) is 8.69. The number of ether oxygens (including phenoxy) is 2. The first-order valence-corrected chi connectivity index (χ1v) is 9.19. The first kappa shape index (κ1) is 19.6. The maximum atomic E-state index is 12.5. The normalized spacial score (nSPS) is 15.2. The van der Waals surface area contributed by atoms with E-state index in [9.17, 15) is 14.4 Å². The van der Waals surface area contributed by atoms with Crippen LogP contribution in [0.5, 0.6) is 0 Å². The molecule has 1 aliphatic carbocycles. The summed E-state index contributed by atoms with van der Waals surface area (Å²) in [6.45, 7) is -0.435. The van der Waals surface area contributed by atoms with Gasteiger partial charge in [0.1, 0.15) is 6.04 Å². The molecule has 6 heteroatoms. The van der Waals surface area contributed by atoms with Gasteiger partial charge in [-0.3, -0.25) is 9.59 Å². The molecule has 1 amide bonds. The van der Waals surface area contributed by atoms with E-state index < -0.39 is 35.9 Å². The molecule has 0 spiro atoms. The summed E-state index contributed by atoms with van der Waals surface area (Å²) in [6, 6.07) is 17.9. The van der Waals surface area contributed by atoms with E-state index in [2.05, 4.69) is 5.32 Å². The minimum Gasteiger partial charge on any atom is -0.467 e. The molecule has 28 heavy (non-hydrogen) atoms. The van der Waals surface area contributed by atoms with Crippen LogP contribution < -0.4 is 5.32 Å². The Morgan fingerprint density at radius 1 is 1.00 bits per heavy atom. The fourth-order valence-corrected chi connectivity index (χ4v) is 3.18. The molecule has 1 atom stereocenters. The first-order valence-electron chi connectivity index (χ1n) is 9.19. The van der Waals surface area contributed by atoms with E-state index in [1.165, 1.54) is 7.11 Å². The summed E-state index contributed by atoms with van der Waals surface area (Å²) in [4.78, 5) is 36.8. The van der Waals surface area contributed by atoms with Crippen LogP contribution in [-0.4, -0.2) is 37.6 Å². The molecule has 1 N–H and O–H groups in total. The summed E-state index contributed by atoms with van der Waals surface area (Å²) in [6.07, 6.45) is 1.70. The van der Waals surface area contributed by atoms with Crippen LogP contribution in [0.15, 0.2) is 60.7 Å². The van der Waals surface area contributed by atoms with Crippen LogP contribution in [0.25, 0.3) is 0 Å². The Kier molecular flexibility index (Phi) is 6.09. The van der Waals surface area contributed by atoms with Crippen LogP contribution in [0.1, 0.15) is 24.0 Å². The van der Waals surface area contributed by atoms with Gasteiger partial charge in [0.15, 0.2) is 6.61 Å². The summed E-state index contributed by atoms with van der Waals surface area (Å²) in [7, 11) is 1.27. The number of carbonyl (C=O) groups is 3. The highest BCUT2D eigenvalue weighted by Gasteiger charge is 2.52. The number of esters is 2. The van der Waals surface area contributed by atoms with Gasteiger partial charge in [0, 0.05) is 6.42 Å². The molecule has 3 rings (SSSR count). The van der Waals surface area contributed by atoms with Gasteiger partial charge in [-0.05, 0) is 24.0 Å². The topological polar surface area (TPSA) is 81.7 Å². The van der Waals surface area contributed by atoms with Crippen molar-refractivity contribution in [2.45, 2.75) is 30.7 Å². The predicted octanol–water partition coefficient (Wildman–Crippen LogP) is 2.16. The smallest absolute Gasteiger partial charge is 0.328 e. The molecule has 0 heterocycles. The molecule has 0 bridgehead atoms. The first-order chi connectivity index (χ1) is 13.5. The van der Waals surface area contributed by atoms with Gasteiger partial charge in [0.2, 0.25) is 0 Å². The van der Waals surface area contributed by atoms with Crippen molar-refractivity contribution in [1.82, 2.24) is 5.32 Å². The number of hydrogen-bond donors (Lipinski definition) is 1. The van der Waals surface area contributed by atoms with E-state index in [1.807, 2.05) is 60.7 Å². The van der Waals surface area contributed by atoms with Crippen molar-refractivity contribution in [2.75, 3.05) is 13.7 Å². The van der Waals surface area contributed by atoms with Crippen molar-refractivity contribution in [2.24, 2.45) is 0 Å². The Morgan fingerprint density at radius 2 is 1.61 bits per heavy atom. The van der Waals surface area contributed by atoms with E-state index in [-0.39, 0.29) is 0 Å². The average molecular weight is 381 g/mol. The molecule has 0 unspecified atom stereocenters. The van der Waals surface area contributed by atoms with Crippen LogP contribution >= 0.6 is 0 Å². The van der Waals surface area contributed by atoms with Crippen LogP contribution in [0.3, 0.4) is 0 Å². The highest BCUT2D eigenvalue weighted by molar-refractivity contribution is 5.90. The minimum atomic E-state index is -0.845. The highest BCUT2D eigenvalue weighted by Crippen LogP contribution is 2.49. The fourth-order valence-electron chi connectivity index (χ4n) is 3.18. The van der Waals surface area contributed by atoms with Gasteiger partial charge in [-0.15, -0.1) is 0 Å². The summed E-state index contributed by atoms with van der Waals surface area (Å²) >= 11 is 0. The van der Waals surface area contributed by atoms with Crippen molar-refractivity contribution in [3.63, 3.8) is 0 Å². The predicted molar refractivity (Wildman–Crippen MR) is 102 cm³/mol. The second-order valence-electron chi connectivity index (χ2n) is 6.86. The molecule has 1 aliphatic rings. The lowest BCUT2D eigenvalue weighted by molar-refractivity contribution is -0.152. The average Bonchev–Trinajstić information content (AvgIpc) is 3.54. The second-order valence-corrected chi connectivity index (χ2v) is 6.86. The lowest BCUT2D eigenvalue weighted by Crippen LogP contribution is -2.45. The number of nitrogens with one attached hydrogen (secondary N) is 1. The third-order valence-electron chi connectivity index (χ3n) is 4.91. The Morgan fingerprint density at radius 3 is 2.18 bits per heavy atom. The Hall–Kier alpha value is -3.15. The third kappa shape index (κ3) is 4.57. The molecule has 2 aromatic carbocycles. The molecular weight excluding hydrogens is 358 g/mol. The van der Waals surface area contributed by atoms with Crippen molar-refractivity contribution < 1.29 is 23.9 Å². The molecule has 0 aromatic heterocycles. The number of rotatable bonds is 8. The van der Waals surface area contributed by atoms with Gasteiger partial charge in [-0.25, -0.2) is 4.79 Å². The molecule has 1 fully saturated rings. The van der Waals surface area contributed by atoms with E-state index in [0.717, 1.165) is 11.1 Å². The number of methoxy groups -OCH3 is 1. The van der Waals surface area contributed by atoms with Crippen molar-refractivity contribution in [1.29, 1.82) is 0 Å². The van der Waals surface area contributed by atoms with Crippen LogP contribution in [-0.2, 0) is 35.7 Å². The lowest BCUT2D eigenvalue weighted by atomic mass is 9.96. The van der Waals surface area contributed by atoms with Gasteiger partial charge in [0.05, 0.1) is 12.5 Å². The standard InChI is InChI=1S/C22H23NO5/c1-27-20(25)18(14-16-8-4-2-5-9-16)23-19(24)15-28-21(26)22(12-13-22)17-10-6-3-7-11-17/h2-11,18H,12-15H2,1H3,(H,23,24)/t18-/m1/s1. The zero-order chi connectivity index (χ0) is 20.0. The number of hydrogen-bond acceptors (Lipinski definition) is 5. The summed E-state index contributed by atoms with van der Waals surface area (Å²) in [5, 5.41) is 2.59. The fraction of sp³-hybridized carbons (Fsp3) is 0.318. The SMILES string of the molecule is COC(=O)[C@@H](Cc1ccccc1)NC(=O)COC(=O)C1(c2ccccc2)CC1. The third-order valence-corrected chi connectivity index (χ3v) is 4.91. The minimum absolute atomic E-state index is 0.293. The van der Waals surface area contributed by atoms with Crippen molar-refractivity contribution >= 4 is 17.8 Å². The summed E-state index contributed by atoms with van der Waals surface area (Å²) < 4.78 is 10.0. The zero-order valence-corrected chi connectivity index (χ0v) is 15.7. The van der Waals surface area contributed by atoms with E-state index in [1.54, 1.807) is 0 Å². The molecular formula is C22H23NO5. The van der Waals surface area contributed by atoms with Gasteiger partial charge in [0.25, 0.3) is 5.91 Å². The number of benzene rings is 2. The van der Waals surface area contributed by atoms with E-state index in [4.69, 9.17) is 9.47 Å². The molecule has 0 radical (unpaired) electrons. The zero-order valence-electron chi connectivity index (χ0n) is 15.7. The molecule has 2 aromatic rings. The Labute approximate surface area is 163 Å². The van der Waals surface area contributed by atoms with E-state index in [0.29, 0.717) is 19.3 Å². The van der Waals surface area contributed by atoms with Crippen molar-refractivity contribution in [3.05, 3.63) is 71.8 Å². The Balaban J connectivity index is 1.56. The van der Waals surface area contributed by atoms with Gasteiger partial charge < -0.3 is 14.8 Å². The molecule has 0 saturated heterocycles. The maximum Gasteiger partial charge on any atom is 0.328 e.